The first-order valence-electron chi connectivity index (χ1n) is 8.19. The van der Waals surface area contributed by atoms with Crippen LogP contribution in [0.5, 0.6) is 0 Å². The molecule has 3 rings (SSSR count). The number of carbonyl (C=O) groups excluding carboxylic acids is 1. The summed E-state index contributed by atoms with van der Waals surface area (Å²) in [4.78, 5) is 25.5. The third kappa shape index (κ3) is 3.85. The van der Waals surface area contributed by atoms with Crippen LogP contribution >= 0.6 is 23.2 Å². The SMILES string of the molecule is NC(Cc1ccc2c(c1)CN(C(=O)c1c(Cl)cccc1Cl)CC2)C(=O)O. The first-order chi connectivity index (χ1) is 12.4. The Balaban J connectivity index is 1.82. The molecule has 136 valence electrons. The normalized spacial score (nSPS) is 14.7. The molecular formula is C19H18Cl2N2O3. The Hall–Kier alpha value is -2.08. The molecule has 3 N–H and O–H groups in total. The van der Waals surface area contributed by atoms with Gasteiger partial charge in [-0.05, 0) is 41.7 Å². The summed E-state index contributed by atoms with van der Waals surface area (Å²) >= 11 is 12.3. The lowest BCUT2D eigenvalue weighted by molar-refractivity contribution is -0.138. The van der Waals surface area contributed by atoms with E-state index in [2.05, 4.69) is 0 Å². The van der Waals surface area contributed by atoms with Gasteiger partial charge in [-0.1, -0.05) is 47.5 Å². The van der Waals surface area contributed by atoms with Crippen LogP contribution in [0.15, 0.2) is 36.4 Å². The topological polar surface area (TPSA) is 83.6 Å². The quantitative estimate of drug-likeness (QED) is 0.836. The largest absolute Gasteiger partial charge is 0.480 e. The predicted molar refractivity (Wildman–Crippen MR) is 101 cm³/mol. The van der Waals surface area contributed by atoms with E-state index in [0.717, 1.165) is 16.7 Å². The van der Waals surface area contributed by atoms with Gasteiger partial charge in [-0.2, -0.15) is 0 Å². The van der Waals surface area contributed by atoms with Gasteiger partial charge < -0.3 is 15.7 Å². The van der Waals surface area contributed by atoms with Crippen LogP contribution in [0, 0.1) is 0 Å². The summed E-state index contributed by atoms with van der Waals surface area (Å²) in [5.41, 5.74) is 8.90. The van der Waals surface area contributed by atoms with Gasteiger partial charge in [0, 0.05) is 13.1 Å². The van der Waals surface area contributed by atoms with Crippen LogP contribution in [-0.4, -0.2) is 34.5 Å². The molecule has 0 saturated heterocycles. The number of halogens is 2. The van der Waals surface area contributed by atoms with Crippen molar-refractivity contribution in [3.05, 3.63) is 68.7 Å². The van der Waals surface area contributed by atoms with Gasteiger partial charge in [0.25, 0.3) is 5.91 Å². The van der Waals surface area contributed by atoms with Crippen molar-refractivity contribution in [3.63, 3.8) is 0 Å². The second kappa shape index (κ2) is 7.66. The van der Waals surface area contributed by atoms with Gasteiger partial charge in [-0.25, -0.2) is 0 Å². The highest BCUT2D eigenvalue weighted by molar-refractivity contribution is 6.39. The molecule has 5 nitrogen and oxygen atoms in total. The van der Waals surface area contributed by atoms with Crippen LogP contribution in [-0.2, 0) is 24.2 Å². The van der Waals surface area contributed by atoms with Crippen molar-refractivity contribution in [2.24, 2.45) is 5.73 Å². The minimum atomic E-state index is -1.03. The summed E-state index contributed by atoms with van der Waals surface area (Å²) in [6, 6.07) is 9.83. The third-order valence-electron chi connectivity index (χ3n) is 4.52. The monoisotopic (exact) mass is 392 g/mol. The average molecular weight is 393 g/mol. The number of carboxylic acid groups (broad SMARTS) is 1. The fourth-order valence-corrected chi connectivity index (χ4v) is 3.67. The molecule has 26 heavy (non-hydrogen) atoms. The highest BCUT2D eigenvalue weighted by Gasteiger charge is 2.25. The van der Waals surface area contributed by atoms with Crippen LogP contribution < -0.4 is 5.73 Å². The number of nitrogens with zero attached hydrogens (tertiary/aromatic N) is 1. The number of benzene rings is 2. The Bertz CT molecular complexity index is 850. The number of carboxylic acids is 1. The molecule has 1 atom stereocenters. The summed E-state index contributed by atoms with van der Waals surface area (Å²) in [5, 5.41) is 9.63. The van der Waals surface area contributed by atoms with Gasteiger partial charge in [-0.3, -0.25) is 9.59 Å². The molecule has 2 aromatic carbocycles. The van der Waals surface area contributed by atoms with E-state index in [1.807, 2.05) is 18.2 Å². The van der Waals surface area contributed by atoms with Crippen molar-refractivity contribution in [1.29, 1.82) is 0 Å². The van der Waals surface area contributed by atoms with Crippen LogP contribution in [0.3, 0.4) is 0 Å². The van der Waals surface area contributed by atoms with Crippen molar-refractivity contribution < 1.29 is 14.7 Å². The van der Waals surface area contributed by atoms with Crippen molar-refractivity contribution in [1.82, 2.24) is 4.90 Å². The number of hydrogen-bond acceptors (Lipinski definition) is 3. The number of rotatable bonds is 4. The molecule has 1 aliphatic heterocycles. The summed E-state index contributed by atoms with van der Waals surface area (Å²) in [6.07, 6.45) is 0.960. The molecule has 1 amide bonds. The molecule has 1 heterocycles. The van der Waals surface area contributed by atoms with E-state index in [-0.39, 0.29) is 12.3 Å². The van der Waals surface area contributed by atoms with E-state index in [9.17, 15) is 9.59 Å². The summed E-state index contributed by atoms with van der Waals surface area (Å²) in [6.45, 7) is 0.993. The molecule has 7 heteroatoms. The first kappa shape index (κ1) is 18.7. The zero-order chi connectivity index (χ0) is 18.8. The number of carbonyl (C=O) groups is 2. The molecule has 0 aliphatic carbocycles. The standard InChI is InChI=1S/C19H18Cl2N2O3/c20-14-2-1-3-15(21)17(14)18(24)23-7-6-12-5-4-11(8-13(12)10-23)9-16(22)19(25)26/h1-5,8,16H,6-7,9-10,22H2,(H,25,26). The fraction of sp³-hybridized carbons (Fsp3) is 0.263. The number of amides is 1. The Morgan fingerprint density at radius 3 is 2.50 bits per heavy atom. The van der Waals surface area contributed by atoms with E-state index in [1.54, 1.807) is 23.1 Å². The second-order valence-corrected chi connectivity index (χ2v) is 7.14. The fourth-order valence-electron chi connectivity index (χ4n) is 3.11. The van der Waals surface area contributed by atoms with E-state index >= 15 is 0 Å². The Morgan fingerprint density at radius 1 is 1.15 bits per heavy atom. The lowest BCUT2D eigenvalue weighted by Gasteiger charge is -2.30. The van der Waals surface area contributed by atoms with Gasteiger partial charge in [0.05, 0.1) is 15.6 Å². The highest BCUT2D eigenvalue weighted by atomic mass is 35.5. The van der Waals surface area contributed by atoms with Crippen LogP contribution in [0.25, 0.3) is 0 Å². The molecule has 0 bridgehead atoms. The molecule has 0 radical (unpaired) electrons. The molecule has 1 unspecified atom stereocenters. The van der Waals surface area contributed by atoms with Crippen LogP contribution in [0.4, 0.5) is 0 Å². The van der Waals surface area contributed by atoms with E-state index in [4.69, 9.17) is 34.0 Å². The average Bonchev–Trinajstić information content (AvgIpc) is 2.60. The smallest absolute Gasteiger partial charge is 0.320 e. The number of hydrogen-bond donors (Lipinski definition) is 2. The Morgan fingerprint density at radius 2 is 1.85 bits per heavy atom. The molecule has 2 aromatic rings. The van der Waals surface area contributed by atoms with Crippen LogP contribution in [0.2, 0.25) is 10.0 Å². The van der Waals surface area contributed by atoms with Gasteiger partial charge in [0.15, 0.2) is 0 Å². The van der Waals surface area contributed by atoms with E-state index in [1.165, 1.54) is 0 Å². The maximum Gasteiger partial charge on any atom is 0.320 e. The predicted octanol–water partition coefficient (Wildman–Crippen LogP) is 3.15. The van der Waals surface area contributed by atoms with Gasteiger partial charge in [-0.15, -0.1) is 0 Å². The van der Waals surface area contributed by atoms with Gasteiger partial charge in [0.2, 0.25) is 0 Å². The van der Waals surface area contributed by atoms with Crippen LogP contribution in [0.1, 0.15) is 27.0 Å². The van der Waals surface area contributed by atoms with Crippen molar-refractivity contribution in [3.8, 4) is 0 Å². The van der Waals surface area contributed by atoms with E-state index < -0.39 is 12.0 Å². The van der Waals surface area contributed by atoms with Crippen molar-refractivity contribution in [2.75, 3.05) is 6.54 Å². The first-order valence-corrected chi connectivity index (χ1v) is 8.94. The lowest BCUT2D eigenvalue weighted by Crippen LogP contribution is -2.36. The minimum absolute atomic E-state index is 0.209. The Kier molecular flexibility index (Phi) is 5.51. The molecule has 0 aromatic heterocycles. The van der Waals surface area contributed by atoms with Crippen molar-refractivity contribution >= 4 is 35.1 Å². The van der Waals surface area contributed by atoms with E-state index in [0.29, 0.717) is 35.1 Å². The number of fused-ring (bicyclic) bond motifs is 1. The molecule has 0 spiro atoms. The maximum atomic E-state index is 12.9. The van der Waals surface area contributed by atoms with Gasteiger partial charge in [0.1, 0.15) is 6.04 Å². The molecule has 0 saturated carbocycles. The zero-order valence-electron chi connectivity index (χ0n) is 13.9. The Labute approximate surface area is 161 Å². The second-order valence-electron chi connectivity index (χ2n) is 6.33. The number of aliphatic carboxylic acids is 1. The minimum Gasteiger partial charge on any atom is -0.480 e. The van der Waals surface area contributed by atoms with Gasteiger partial charge >= 0.3 is 5.97 Å². The highest BCUT2D eigenvalue weighted by Crippen LogP contribution is 2.28. The molecule has 0 fully saturated rings. The van der Waals surface area contributed by atoms with Crippen molar-refractivity contribution in [2.45, 2.75) is 25.4 Å². The summed E-state index contributed by atoms with van der Waals surface area (Å²) in [7, 11) is 0. The summed E-state index contributed by atoms with van der Waals surface area (Å²) < 4.78 is 0. The number of nitrogens with two attached hydrogens (primary N) is 1. The lowest BCUT2D eigenvalue weighted by atomic mass is 9.94. The maximum absolute atomic E-state index is 12.9. The zero-order valence-corrected chi connectivity index (χ0v) is 15.4. The summed E-state index contributed by atoms with van der Waals surface area (Å²) in [5.74, 6) is -1.24. The molecule has 1 aliphatic rings. The third-order valence-corrected chi connectivity index (χ3v) is 5.15. The molecular weight excluding hydrogens is 375 g/mol.